The van der Waals surface area contributed by atoms with Gasteiger partial charge in [0.05, 0.1) is 32.0 Å². The fourth-order valence-electron chi connectivity index (χ4n) is 14.6. The van der Waals surface area contributed by atoms with Crippen LogP contribution >= 0.6 is 0 Å². The lowest BCUT2D eigenvalue weighted by atomic mass is 9.97. The third-order valence-electron chi connectivity index (χ3n) is 21.5. The van der Waals surface area contributed by atoms with Crippen molar-refractivity contribution < 1.29 is 64.6 Å². The molecule has 0 radical (unpaired) electrons. The molecule has 9 N–H and O–H groups in total. The maximum absolute atomic E-state index is 13.4. The van der Waals surface area contributed by atoms with Gasteiger partial charge in [0, 0.05) is 6.42 Å². The van der Waals surface area contributed by atoms with Crippen molar-refractivity contribution in [1.29, 1.82) is 0 Å². The zero-order chi connectivity index (χ0) is 73.7. The summed E-state index contributed by atoms with van der Waals surface area (Å²) in [6, 6.07) is -0.932. The Morgan fingerprint density at radius 1 is 0.353 bits per heavy atom. The molecule has 0 aromatic heterocycles. The molecule has 2 heterocycles. The van der Waals surface area contributed by atoms with E-state index in [0.29, 0.717) is 12.8 Å². The van der Waals surface area contributed by atoms with Gasteiger partial charge >= 0.3 is 0 Å². The highest BCUT2D eigenvalue weighted by molar-refractivity contribution is 5.76. The summed E-state index contributed by atoms with van der Waals surface area (Å²) < 4.78 is 22.9. The molecule has 14 nitrogen and oxygen atoms in total. The van der Waals surface area contributed by atoms with E-state index in [4.69, 9.17) is 18.9 Å². The Labute approximate surface area is 626 Å². The fourth-order valence-corrected chi connectivity index (χ4v) is 14.6. The Kier molecular flexibility index (Phi) is 67.6. The van der Waals surface area contributed by atoms with Gasteiger partial charge in [-0.2, -0.15) is 0 Å². The van der Waals surface area contributed by atoms with Crippen LogP contribution in [0.4, 0.5) is 0 Å². The van der Waals surface area contributed by atoms with Gasteiger partial charge in [-0.3, -0.25) is 4.79 Å². The second kappa shape index (κ2) is 71.8. The molecule has 12 unspecified atom stereocenters. The minimum Gasteiger partial charge on any atom is -0.394 e. The number of hydrogen-bond donors (Lipinski definition) is 9. The SMILES string of the molecule is CCCCCCC/C=C\C/C=C\CCCCCCCCCCCCCCCCCCCCCCCCCCCCCCCC(=O)NC(COC1OC(CO)C(OC2OC(CO)C(O)C(O)C2O)C(O)C1O)C(O)/C=C/CC/C=C/CCCCCCCCCCCCCCCCCCCCCCC. The van der Waals surface area contributed by atoms with Crippen molar-refractivity contribution in [2.45, 2.75) is 485 Å². The monoisotopic (exact) mass is 1440 g/mol. The third kappa shape index (κ3) is 53.7. The lowest BCUT2D eigenvalue weighted by Crippen LogP contribution is -2.65. The van der Waals surface area contributed by atoms with Crippen LogP contribution in [0, 0.1) is 0 Å². The molecular weight excluding hydrogens is 1280 g/mol. The maximum atomic E-state index is 13.4. The highest BCUT2D eigenvalue weighted by atomic mass is 16.7. The third-order valence-corrected chi connectivity index (χ3v) is 21.5. The topological polar surface area (TPSA) is 228 Å². The van der Waals surface area contributed by atoms with E-state index in [1.807, 2.05) is 6.08 Å². The van der Waals surface area contributed by atoms with E-state index in [1.165, 1.54) is 340 Å². The molecule has 2 aliphatic rings. The van der Waals surface area contributed by atoms with Gasteiger partial charge in [-0.05, 0) is 64.2 Å². The molecule has 0 saturated carbocycles. The van der Waals surface area contributed by atoms with Crippen molar-refractivity contribution in [3.05, 3.63) is 48.6 Å². The van der Waals surface area contributed by atoms with E-state index in [9.17, 15) is 45.6 Å². The predicted molar refractivity (Wildman–Crippen MR) is 424 cm³/mol. The Morgan fingerprint density at radius 2 is 0.657 bits per heavy atom. The maximum Gasteiger partial charge on any atom is 0.220 e. The fraction of sp³-hybridized carbons (Fsp3) is 0.898. The number of hydrogen-bond acceptors (Lipinski definition) is 13. The van der Waals surface area contributed by atoms with Crippen molar-refractivity contribution in [2.24, 2.45) is 0 Å². The average Bonchev–Trinajstić information content (AvgIpc) is 0.790. The number of carbonyl (C=O) groups excluding carboxylic acids is 1. The van der Waals surface area contributed by atoms with Crippen LogP contribution in [-0.4, -0.2) is 140 Å². The number of nitrogens with one attached hydrogen (secondary N) is 1. The van der Waals surface area contributed by atoms with E-state index < -0.39 is 86.8 Å². The minimum atomic E-state index is -1.79. The number of aliphatic hydroxyl groups is 8. The molecular formula is C88H165NO13. The first kappa shape index (κ1) is 96.0. The molecule has 0 aromatic rings. The van der Waals surface area contributed by atoms with Crippen LogP contribution in [0.3, 0.4) is 0 Å². The molecule has 600 valence electrons. The Bertz CT molecular complexity index is 1900. The zero-order valence-corrected chi connectivity index (χ0v) is 66.1. The van der Waals surface area contributed by atoms with Crippen LogP contribution in [0.25, 0.3) is 0 Å². The van der Waals surface area contributed by atoms with Gasteiger partial charge in [0.25, 0.3) is 0 Å². The molecule has 0 aromatic carbocycles. The van der Waals surface area contributed by atoms with E-state index >= 15 is 0 Å². The van der Waals surface area contributed by atoms with Gasteiger partial charge in [-0.15, -0.1) is 0 Å². The quantitative estimate of drug-likeness (QED) is 0.0204. The standard InChI is InChI=1S/C88H165NO13/c1-3-5-7-9-11-13-15-17-19-21-23-25-27-29-31-32-33-34-35-36-37-38-39-40-41-42-43-44-46-48-50-52-54-56-58-60-62-64-66-68-70-72-80(93)89-76(75-99-87-85(98)83(96)86(79(74-91)101-87)102-88-84(97)82(95)81(94)78(73-90)100-88)77(92)71-69-67-65-63-61-59-57-55-53-51-49-47-45-30-28-26-24-22-20-18-16-14-12-10-8-6-4-2/h15,17,21,23,61,63,69,71,76-79,81-88,90-92,94-98H,3-14,16,18-20,22,24-60,62,64-68,70,72-75H2,1-2H3,(H,89,93)/b17-15-,23-21-,63-61+,71-69+. The van der Waals surface area contributed by atoms with E-state index in [2.05, 4.69) is 55.6 Å². The Hall–Kier alpha value is -2.05. The first-order valence-electron chi connectivity index (χ1n) is 43.9. The number of ether oxygens (including phenoxy) is 4. The van der Waals surface area contributed by atoms with Gasteiger partial charge in [-0.1, -0.05) is 390 Å². The van der Waals surface area contributed by atoms with Gasteiger partial charge in [0.1, 0.15) is 48.8 Å². The molecule has 0 spiro atoms. The largest absolute Gasteiger partial charge is 0.394 e. The summed E-state index contributed by atoms with van der Waals surface area (Å²) in [5, 5.41) is 87.8. The first-order chi connectivity index (χ1) is 50.1. The van der Waals surface area contributed by atoms with Gasteiger partial charge in [0.2, 0.25) is 5.91 Å². The zero-order valence-electron chi connectivity index (χ0n) is 66.1. The van der Waals surface area contributed by atoms with Gasteiger partial charge < -0.3 is 65.1 Å². The number of unbranched alkanes of at least 4 members (excludes halogenated alkanes) is 56. The molecule has 2 rings (SSSR count). The highest BCUT2D eigenvalue weighted by Crippen LogP contribution is 2.31. The van der Waals surface area contributed by atoms with E-state index in [0.717, 1.165) is 38.5 Å². The normalized spacial score (nSPS) is 21.8. The van der Waals surface area contributed by atoms with Crippen molar-refractivity contribution in [1.82, 2.24) is 5.32 Å². The van der Waals surface area contributed by atoms with Crippen LogP contribution in [0.5, 0.6) is 0 Å². The number of allylic oxidation sites excluding steroid dienone is 7. The summed E-state index contributed by atoms with van der Waals surface area (Å²) in [4.78, 5) is 13.4. The molecule has 2 aliphatic heterocycles. The first-order valence-corrected chi connectivity index (χ1v) is 43.9. The lowest BCUT2D eigenvalue weighted by molar-refractivity contribution is -0.359. The number of aliphatic hydroxyl groups excluding tert-OH is 8. The lowest BCUT2D eigenvalue weighted by Gasteiger charge is -2.46. The second-order valence-electron chi connectivity index (χ2n) is 31.0. The molecule has 12 atom stereocenters. The number of carbonyl (C=O) groups is 1. The molecule has 14 heteroatoms. The number of rotatable bonds is 75. The van der Waals surface area contributed by atoms with E-state index in [-0.39, 0.29) is 18.9 Å². The predicted octanol–water partition coefficient (Wildman–Crippen LogP) is 20.9. The Morgan fingerprint density at radius 3 is 1.02 bits per heavy atom. The van der Waals surface area contributed by atoms with Gasteiger partial charge in [0.15, 0.2) is 12.6 Å². The molecule has 1 amide bonds. The molecule has 2 saturated heterocycles. The summed E-state index contributed by atoms with van der Waals surface area (Å²) in [6.07, 6.45) is 80.9. The summed E-state index contributed by atoms with van der Waals surface area (Å²) in [6.45, 7) is 2.84. The summed E-state index contributed by atoms with van der Waals surface area (Å²) in [5.74, 6) is -0.240. The van der Waals surface area contributed by atoms with Gasteiger partial charge in [-0.25, -0.2) is 0 Å². The molecule has 0 aliphatic carbocycles. The van der Waals surface area contributed by atoms with E-state index in [1.54, 1.807) is 6.08 Å². The van der Waals surface area contributed by atoms with Crippen molar-refractivity contribution in [2.75, 3.05) is 19.8 Å². The molecule has 0 bridgehead atoms. The smallest absolute Gasteiger partial charge is 0.220 e. The molecule has 2 fully saturated rings. The van der Waals surface area contributed by atoms with Crippen molar-refractivity contribution in [3.8, 4) is 0 Å². The summed E-state index contributed by atoms with van der Waals surface area (Å²) >= 11 is 0. The van der Waals surface area contributed by atoms with Crippen LogP contribution in [0.1, 0.15) is 412 Å². The second-order valence-corrected chi connectivity index (χ2v) is 31.0. The number of amides is 1. The molecule has 102 heavy (non-hydrogen) atoms. The highest BCUT2D eigenvalue weighted by Gasteiger charge is 2.51. The van der Waals surface area contributed by atoms with Crippen LogP contribution in [0.2, 0.25) is 0 Å². The van der Waals surface area contributed by atoms with Crippen LogP contribution in [-0.2, 0) is 23.7 Å². The van der Waals surface area contributed by atoms with Crippen LogP contribution < -0.4 is 5.32 Å². The average molecular weight is 1450 g/mol. The summed E-state index contributed by atoms with van der Waals surface area (Å²) in [7, 11) is 0. The van der Waals surface area contributed by atoms with Crippen molar-refractivity contribution >= 4 is 5.91 Å². The summed E-state index contributed by atoms with van der Waals surface area (Å²) in [5.41, 5.74) is 0. The minimum absolute atomic E-state index is 0.240. The van der Waals surface area contributed by atoms with Crippen LogP contribution in [0.15, 0.2) is 48.6 Å². The Balaban J connectivity index is 1.56. The van der Waals surface area contributed by atoms with Crippen molar-refractivity contribution in [3.63, 3.8) is 0 Å².